The van der Waals surface area contributed by atoms with Crippen LogP contribution in [0.1, 0.15) is 0 Å². The molecule has 118 valence electrons. The van der Waals surface area contributed by atoms with E-state index >= 15 is 0 Å². The van der Waals surface area contributed by atoms with Crippen molar-refractivity contribution in [2.75, 3.05) is 6.16 Å². The van der Waals surface area contributed by atoms with Gasteiger partial charge in [0.15, 0.2) is 0 Å². The molecule has 0 radical (unpaired) electrons. The molecule has 3 aromatic carbocycles. The fourth-order valence-corrected chi connectivity index (χ4v) is 7.49. The van der Waals surface area contributed by atoms with Crippen LogP contribution >= 0.6 is 7.26 Å². The molecule has 0 unspecified atom stereocenters. The molecule has 3 aromatic rings. The smallest absolute Gasteiger partial charge is 0.133 e. The lowest BCUT2D eigenvalue weighted by Crippen LogP contribution is -2.33. The van der Waals surface area contributed by atoms with Gasteiger partial charge in [0.2, 0.25) is 0 Å². The topological polar surface area (TPSA) is 0 Å². The minimum absolute atomic E-state index is 0.238. The lowest BCUT2D eigenvalue weighted by Gasteiger charge is -2.25. The van der Waals surface area contributed by atoms with Gasteiger partial charge in [0.25, 0.3) is 0 Å². The van der Waals surface area contributed by atoms with Crippen molar-refractivity contribution in [2.24, 2.45) is 0 Å². The predicted molar refractivity (Wildman–Crippen MR) is 112 cm³/mol. The summed E-state index contributed by atoms with van der Waals surface area (Å²) in [7, 11) is -1.97. The summed E-state index contributed by atoms with van der Waals surface area (Å²) in [5.41, 5.74) is 3.43. The molecule has 2 heteroatoms. The molecule has 0 aromatic heterocycles. The van der Waals surface area contributed by atoms with Crippen molar-refractivity contribution < 1.29 is 0 Å². The fraction of sp³-hybridized carbons (Fsp3) is 0.0909. The Morgan fingerprint density at radius 3 is 1.38 bits per heavy atom. The van der Waals surface area contributed by atoms with Crippen LogP contribution in [0.2, 0.25) is 6.55 Å². The van der Waals surface area contributed by atoms with Crippen molar-refractivity contribution in [2.45, 2.75) is 6.55 Å². The van der Waals surface area contributed by atoms with Gasteiger partial charge in [0, 0.05) is 0 Å². The highest BCUT2D eigenvalue weighted by Gasteiger charge is 2.44. The van der Waals surface area contributed by atoms with E-state index in [0.29, 0.717) is 0 Å². The SMILES string of the molecule is C[SiH2]C#CC[P+](c1ccccc1)(c1ccccc1)c1ccccc1. The lowest BCUT2D eigenvalue weighted by molar-refractivity contribution is 1.69. The molecule has 0 saturated heterocycles. The Hall–Kier alpha value is -2.13. The molecule has 0 saturated carbocycles. The van der Waals surface area contributed by atoms with Gasteiger partial charge in [-0.25, -0.2) is 0 Å². The Kier molecular flexibility index (Phi) is 5.65. The van der Waals surface area contributed by atoms with Crippen LogP contribution in [0.15, 0.2) is 91.0 Å². The van der Waals surface area contributed by atoms with Gasteiger partial charge in [0.1, 0.15) is 38.9 Å². The molecular weight excluding hydrogens is 323 g/mol. The van der Waals surface area contributed by atoms with Gasteiger partial charge in [-0.15, -0.1) is 5.54 Å². The van der Waals surface area contributed by atoms with Gasteiger partial charge in [-0.05, 0) is 36.4 Å². The zero-order chi connectivity index (χ0) is 16.7. The standard InChI is InChI=1S/C22H22PSi/c1-24-19-11-18-23(20-12-5-2-6-13-20,21-14-7-3-8-15-21)22-16-9-4-10-17-22/h2-10,12-17H,18,24H2,1H3/q+1. The monoisotopic (exact) mass is 345 g/mol. The van der Waals surface area contributed by atoms with Crippen LogP contribution in [0.25, 0.3) is 0 Å². The molecule has 0 bridgehead atoms. The van der Waals surface area contributed by atoms with Crippen molar-refractivity contribution >= 4 is 32.7 Å². The fourth-order valence-electron chi connectivity index (χ4n) is 3.07. The highest BCUT2D eigenvalue weighted by atomic mass is 31.2. The van der Waals surface area contributed by atoms with Gasteiger partial charge in [-0.3, -0.25) is 0 Å². The average Bonchev–Trinajstić information content (AvgIpc) is 2.68. The highest BCUT2D eigenvalue weighted by Crippen LogP contribution is 2.54. The first-order valence-corrected chi connectivity index (χ1v) is 12.5. The van der Waals surface area contributed by atoms with Gasteiger partial charge >= 0.3 is 0 Å². The maximum absolute atomic E-state index is 3.53. The number of hydrogen-bond donors (Lipinski definition) is 0. The summed E-state index contributed by atoms with van der Waals surface area (Å²) >= 11 is 0. The second-order valence-corrected chi connectivity index (χ2v) is 10.2. The van der Waals surface area contributed by atoms with Crippen LogP contribution in [0.3, 0.4) is 0 Å². The number of hydrogen-bond acceptors (Lipinski definition) is 0. The third-order valence-electron chi connectivity index (χ3n) is 4.21. The summed E-state index contributed by atoms with van der Waals surface area (Å²) in [5.74, 6) is 3.53. The molecule has 0 aliphatic carbocycles. The van der Waals surface area contributed by atoms with Crippen LogP contribution < -0.4 is 15.9 Å². The number of benzene rings is 3. The summed E-state index contributed by atoms with van der Waals surface area (Å²) in [5, 5.41) is 4.23. The maximum atomic E-state index is 3.53. The molecule has 0 aliphatic heterocycles. The zero-order valence-electron chi connectivity index (χ0n) is 14.0. The maximum Gasteiger partial charge on any atom is 0.133 e. The molecule has 0 N–H and O–H groups in total. The highest BCUT2D eigenvalue weighted by molar-refractivity contribution is 7.95. The Bertz CT molecular complexity index is 721. The first-order valence-electron chi connectivity index (χ1n) is 8.38. The van der Waals surface area contributed by atoms with Crippen LogP contribution in [-0.2, 0) is 0 Å². The van der Waals surface area contributed by atoms with E-state index < -0.39 is 7.26 Å². The van der Waals surface area contributed by atoms with Crippen molar-refractivity contribution in [3.8, 4) is 11.5 Å². The lowest BCUT2D eigenvalue weighted by atomic mass is 10.4. The van der Waals surface area contributed by atoms with Gasteiger partial charge in [-0.2, -0.15) is 0 Å². The molecule has 0 amide bonds. The largest absolute Gasteiger partial charge is 0.136 e. The summed E-state index contributed by atoms with van der Waals surface area (Å²) in [4.78, 5) is 0. The first-order chi connectivity index (χ1) is 11.9. The third-order valence-corrected chi connectivity index (χ3v) is 8.98. The third kappa shape index (κ3) is 3.36. The van der Waals surface area contributed by atoms with Gasteiger partial charge < -0.3 is 0 Å². The van der Waals surface area contributed by atoms with Crippen LogP contribution in [0.5, 0.6) is 0 Å². The Morgan fingerprint density at radius 2 is 1.04 bits per heavy atom. The molecule has 0 atom stereocenters. The van der Waals surface area contributed by atoms with E-state index in [1.165, 1.54) is 15.9 Å². The van der Waals surface area contributed by atoms with Crippen molar-refractivity contribution in [1.29, 1.82) is 0 Å². The van der Waals surface area contributed by atoms with Crippen LogP contribution in [0.4, 0.5) is 0 Å². The van der Waals surface area contributed by atoms with Crippen LogP contribution in [0, 0.1) is 11.5 Å². The zero-order valence-corrected chi connectivity index (χ0v) is 16.3. The molecule has 0 spiro atoms. The van der Waals surface area contributed by atoms with Crippen LogP contribution in [-0.4, -0.2) is 15.7 Å². The number of rotatable bonds is 4. The molecular formula is C22H22PSi+. The first kappa shape index (κ1) is 16.7. The quantitative estimate of drug-likeness (QED) is 0.387. The average molecular weight is 345 g/mol. The second kappa shape index (κ2) is 8.11. The molecule has 0 heterocycles. The van der Waals surface area contributed by atoms with Gasteiger partial charge in [-0.1, -0.05) is 67.1 Å². The molecule has 0 nitrogen and oxygen atoms in total. The molecule has 0 fully saturated rings. The minimum atomic E-state index is -1.73. The van der Waals surface area contributed by atoms with Crippen molar-refractivity contribution in [1.82, 2.24) is 0 Å². The molecule has 24 heavy (non-hydrogen) atoms. The van der Waals surface area contributed by atoms with E-state index in [4.69, 9.17) is 0 Å². The van der Waals surface area contributed by atoms with E-state index in [2.05, 4.69) is 109 Å². The molecule has 3 rings (SSSR count). The Labute approximate surface area is 148 Å². The summed E-state index contributed by atoms with van der Waals surface area (Å²) in [6.45, 7) is 2.25. The Balaban J connectivity index is 2.28. The van der Waals surface area contributed by atoms with Gasteiger partial charge in [0.05, 0.1) is 0 Å². The van der Waals surface area contributed by atoms with E-state index in [9.17, 15) is 0 Å². The summed E-state index contributed by atoms with van der Waals surface area (Å²) in [6.07, 6.45) is 0.922. The predicted octanol–water partition coefficient (Wildman–Crippen LogP) is 3.16. The second-order valence-electron chi connectivity index (χ2n) is 5.68. The molecule has 0 aliphatic rings. The van der Waals surface area contributed by atoms with Crippen molar-refractivity contribution in [3.05, 3.63) is 91.0 Å². The summed E-state index contributed by atoms with van der Waals surface area (Å²) < 4.78 is 0. The van der Waals surface area contributed by atoms with E-state index in [-0.39, 0.29) is 9.52 Å². The van der Waals surface area contributed by atoms with E-state index in [0.717, 1.165) is 6.16 Å². The van der Waals surface area contributed by atoms with Crippen molar-refractivity contribution in [3.63, 3.8) is 0 Å². The minimum Gasteiger partial charge on any atom is -0.136 e. The van der Waals surface area contributed by atoms with E-state index in [1.54, 1.807) is 0 Å². The Morgan fingerprint density at radius 1 is 0.667 bits per heavy atom. The summed E-state index contributed by atoms with van der Waals surface area (Å²) in [6, 6.07) is 32.9. The normalized spacial score (nSPS) is 11.2. The van der Waals surface area contributed by atoms with E-state index in [1.807, 2.05) is 0 Å².